The third-order valence-electron chi connectivity index (χ3n) is 5.67. The largest absolute Gasteiger partial charge is 0.328 e. The van der Waals surface area contributed by atoms with Crippen LogP contribution in [-0.4, -0.2) is 63.4 Å². The summed E-state index contributed by atoms with van der Waals surface area (Å²) >= 11 is 0. The van der Waals surface area contributed by atoms with E-state index in [9.17, 15) is 18.4 Å². The van der Waals surface area contributed by atoms with Gasteiger partial charge < -0.3 is 9.80 Å². The molecule has 0 bridgehead atoms. The summed E-state index contributed by atoms with van der Waals surface area (Å²) < 4.78 is 30.7. The number of carbonyl (C=O) groups is 1. The highest BCUT2D eigenvalue weighted by molar-refractivity contribution is 5.99. The molecule has 0 saturated carbocycles. The fourth-order valence-corrected chi connectivity index (χ4v) is 3.91. The number of piperazine rings is 1. The minimum Gasteiger partial charge on any atom is -0.321 e. The van der Waals surface area contributed by atoms with Crippen LogP contribution >= 0.6 is 0 Å². The lowest BCUT2D eigenvalue weighted by molar-refractivity contribution is 0.156. The van der Waals surface area contributed by atoms with Gasteiger partial charge in [0, 0.05) is 43.8 Å². The van der Waals surface area contributed by atoms with Crippen LogP contribution in [0.3, 0.4) is 0 Å². The Balaban J connectivity index is 1.76. The molecule has 1 saturated heterocycles. The number of aromatic nitrogens is 3. The summed E-state index contributed by atoms with van der Waals surface area (Å²) in [6, 6.07) is 10.4. The summed E-state index contributed by atoms with van der Waals surface area (Å²) in [7, 11) is 1.97. The normalized spacial score (nSPS) is 15.1. The van der Waals surface area contributed by atoms with Gasteiger partial charge in [-0.25, -0.2) is 13.6 Å². The molecule has 0 aliphatic carbocycles. The molecule has 0 N–H and O–H groups in total. The molecule has 0 spiro atoms. The SMILES string of the molecule is CN1CCN(C(=O)n2cc3c(=O)n(-c4ccccc4)nc-3c3cc(F)c(F)cc32)CC1. The van der Waals surface area contributed by atoms with Crippen LogP contribution in [0.5, 0.6) is 0 Å². The molecule has 3 aliphatic heterocycles. The Morgan fingerprint density at radius 2 is 1.68 bits per heavy atom. The highest BCUT2D eigenvalue weighted by Crippen LogP contribution is 2.30. The number of likely N-dealkylation sites (N-methyl/N-ethyl adjacent to an activating group) is 1. The lowest BCUT2D eigenvalue weighted by Gasteiger charge is -2.33. The second-order valence-electron chi connectivity index (χ2n) is 7.67. The minimum absolute atomic E-state index is 0.157. The number of fused-ring (bicyclic) bond motifs is 3. The number of rotatable bonds is 1. The van der Waals surface area contributed by atoms with Crippen LogP contribution in [0.2, 0.25) is 0 Å². The minimum atomic E-state index is -1.07. The molecule has 3 heterocycles. The zero-order chi connectivity index (χ0) is 21.7. The second-order valence-corrected chi connectivity index (χ2v) is 7.67. The predicted octanol–water partition coefficient (Wildman–Crippen LogP) is 2.79. The molecule has 158 valence electrons. The number of hydrogen-bond acceptors (Lipinski definition) is 4. The zero-order valence-electron chi connectivity index (χ0n) is 16.8. The van der Waals surface area contributed by atoms with Crippen molar-refractivity contribution < 1.29 is 13.6 Å². The van der Waals surface area contributed by atoms with Gasteiger partial charge in [0.05, 0.1) is 16.8 Å². The molecule has 0 atom stereocenters. The number of para-hydroxylation sites is 1. The average molecular weight is 423 g/mol. The van der Waals surface area contributed by atoms with Gasteiger partial charge in [0.2, 0.25) is 0 Å². The van der Waals surface area contributed by atoms with E-state index in [1.807, 2.05) is 13.1 Å². The van der Waals surface area contributed by atoms with Crippen LogP contribution in [0, 0.1) is 11.6 Å². The molecule has 0 radical (unpaired) electrons. The van der Waals surface area contributed by atoms with Crippen molar-refractivity contribution in [2.24, 2.45) is 0 Å². The smallest absolute Gasteiger partial charge is 0.321 e. The first-order chi connectivity index (χ1) is 14.9. The molecule has 31 heavy (non-hydrogen) atoms. The van der Waals surface area contributed by atoms with Crippen molar-refractivity contribution in [1.82, 2.24) is 24.1 Å². The van der Waals surface area contributed by atoms with Crippen LogP contribution in [-0.2, 0) is 0 Å². The summed E-state index contributed by atoms with van der Waals surface area (Å²) in [5.74, 6) is -2.14. The van der Waals surface area contributed by atoms with Gasteiger partial charge in [0.15, 0.2) is 11.6 Å². The molecule has 0 unspecified atom stereocenters. The summed E-state index contributed by atoms with van der Waals surface area (Å²) in [5, 5.41) is 4.57. The Kier molecular flexibility index (Phi) is 4.55. The predicted molar refractivity (Wildman–Crippen MR) is 112 cm³/mol. The van der Waals surface area contributed by atoms with Crippen LogP contribution in [0.15, 0.2) is 53.5 Å². The number of halogens is 2. The molecular formula is C22H19F2N5O2. The number of benzene rings is 2. The van der Waals surface area contributed by atoms with Crippen LogP contribution in [0.4, 0.5) is 13.6 Å². The topological polar surface area (TPSA) is 63.4 Å². The Labute approximate surface area is 176 Å². The third-order valence-corrected chi connectivity index (χ3v) is 5.67. The van der Waals surface area contributed by atoms with E-state index >= 15 is 0 Å². The third kappa shape index (κ3) is 3.17. The second kappa shape index (κ2) is 7.28. The van der Waals surface area contributed by atoms with E-state index in [1.165, 1.54) is 15.4 Å². The van der Waals surface area contributed by atoms with E-state index in [0.29, 0.717) is 31.9 Å². The maximum absolute atomic E-state index is 14.1. The Bertz CT molecular complexity index is 1320. The van der Waals surface area contributed by atoms with Crippen LogP contribution in [0.25, 0.3) is 27.8 Å². The van der Waals surface area contributed by atoms with Gasteiger partial charge in [-0.3, -0.25) is 9.36 Å². The van der Waals surface area contributed by atoms with Gasteiger partial charge in [0.25, 0.3) is 5.56 Å². The summed E-state index contributed by atoms with van der Waals surface area (Å²) in [6.45, 7) is 2.40. The quantitative estimate of drug-likeness (QED) is 0.472. The summed E-state index contributed by atoms with van der Waals surface area (Å²) in [5.41, 5.74) is 0.632. The highest BCUT2D eigenvalue weighted by atomic mass is 19.2. The van der Waals surface area contributed by atoms with Crippen molar-refractivity contribution in [3.8, 4) is 16.9 Å². The lowest BCUT2D eigenvalue weighted by Crippen LogP contribution is -2.48. The molecule has 7 nitrogen and oxygen atoms in total. The Morgan fingerprint density at radius 1 is 1.00 bits per heavy atom. The van der Waals surface area contributed by atoms with Crippen molar-refractivity contribution in [3.05, 3.63) is 70.6 Å². The van der Waals surface area contributed by atoms with Crippen molar-refractivity contribution in [3.63, 3.8) is 0 Å². The first-order valence-electron chi connectivity index (χ1n) is 9.90. The number of hydrogen-bond donors (Lipinski definition) is 0. The molecule has 2 aromatic rings. The Morgan fingerprint density at radius 3 is 2.39 bits per heavy atom. The first-order valence-corrected chi connectivity index (χ1v) is 9.90. The fraction of sp³-hybridized carbons (Fsp3) is 0.227. The molecule has 0 aromatic heterocycles. The van der Waals surface area contributed by atoms with Crippen molar-refractivity contribution >= 4 is 16.9 Å². The van der Waals surface area contributed by atoms with Gasteiger partial charge in [-0.15, -0.1) is 0 Å². The number of amides is 1. The van der Waals surface area contributed by atoms with Gasteiger partial charge >= 0.3 is 6.03 Å². The van der Waals surface area contributed by atoms with Crippen LogP contribution in [0.1, 0.15) is 0 Å². The highest BCUT2D eigenvalue weighted by Gasteiger charge is 2.27. The molecule has 5 rings (SSSR count). The Hall–Kier alpha value is -3.59. The average Bonchev–Trinajstić information content (AvgIpc) is 3.11. The van der Waals surface area contributed by atoms with E-state index < -0.39 is 23.2 Å². The molecular weight excluding hydrogens is 404 g/mol. The molecule has 3 aliphatic rings. The number of nitrogens with zero attached hydrogens (tertiary/aromatic N) is 5. The van der Waals surface area contributed by atoms with Crippen LogP contribution < -0.4 is 5.56 Å². The molecule has 1 amide bonds. The maximum atomic E-state index is 14.1. The van der Waals surface area contributed by atoms with Crippen molar-refractivity contribution in [1.29, 1.82) is 0 Å². The van der Waals surface area contributed by atoms with E-state index in [-0.39, 0.29) is 22.2 Å². The number of pyridine rings is 1. The molecule has 2 aromatic carbocycles. The zero-order valence-corrected chi connectivity index (χ0v) is 16.8. The molecule has 9 heteroatoms. The van der Waals surface area contributed by atoms with Crippen molar-refractivity contribution in [2.45, 2.75) is 0 Å². The monoisotopic (exact) mass is 423 g/mol. The van der Waals surface area contributed by atoms with E-state index in [2.05, 4.69) is 10.00 Å². The summed E-state index contributed by atoms with van der Waals surface area (Å²) in [4.78, 5) is 30.1. The van der Waals surface area contributed by atoms with Crippen molar-refractivity contribution in [2.75, 3.05) is 33.2 Å². The fourth-order valence-electron chi connectivity index (χ4n) is 3.91. The van der Waals surface area contributed by atoms with Gasteiger partial charge in [-0.05, 0) is 25.2 Å². The van der Waals surface area contributed by atoms with Gasteiger partial charge in [-0.2, -0.15) is 9.78 Å². The van der Waals surface area contributed by atoms with E-state index in [4.69, 9.17) is 0 Å². The van der Waals surface area contributed by atoms with E-state index in [0.717, 1.165) is 12.1 Å². The maximum Gasteiger partial charge on any atom is 0.328 e. The van der Waals surface area contributed by atoms with Gasteiger partial charge in [-0.1, -0.05) is 18.2 Å². The first kappa shape index (κ1) is 19.4. The standard InChI is InChI=1S/C22H19F2N5O2/c1-26-7-9-27(10-8-26)22(31)28-13-16-20(15-11-17(23)18(24)12-19(15)28)25-29(21(16)30)14-5-3-2-4-6-14/h2-6,11-13H,7-10H2,1H3. The van der Waals surface area contributed by atoms with E-state index in [1.54, 1.807) is 29.2 Å². The lowest BCUT2D eigenvalue weighted by atomic mass is 10.1. The number of carbonyl (C=O) groups excluding carboxylic acids is 1. The molecule has 1 fully saturated rings. The summed E-state index contributed by atoms with van der Waals surface area (Å²) in [6.07, 6.45) is 1.38. The van der Waals surface area contributed by atoms with Gasteiger partial charge in [0.1, 0.15) is 5.69 Å².